The lowest BCUT2D eigenvalue weighted by Gasteiger charge is -1.97. The molecule has 47 valence electrons. The first-order valence-corrected chi connectivity index (χ1v) is 3.27. The van der Waals surface area contributed by atoms with E-state index >= 15 is 0 Å². The van der Waals surface area contributed by atoms with Crippen LogP contribution in [0.25, 0.3) is 0 Å². The van der Waals surface area contributed by atoms with Crippen molar-refractivity contribution in [2.75, 3.05) is 5.94 Å². The Labute approximate surface area is 60.1 Å². The topological polar surface area (TPSA) is 9.23 Å². The summed E-state index contributed by atoms with van der Waals surface area (Å²) in [4.78, 5) is 0. The van der Waals surface area contributed by atoms with E-state index < -0.39 is 0 Å². The first kappa shape index (κ1) is 6.49. The normalized spacial score (nSPS) is 9.00. The molecule has 0 heterocycles. The van der Waals surface area contributed by atoms with E-state index in [4.69, 9.17) is 4.74 Å². The molecule has 0 saturated heterocycles. The second kappa shape index (κ2) is 3.41. The third-order valence-corrected chi connectivity index (χ3v) is 1.09. The van der Waals surface area contributed by atoms with Gasteiger partial charge in [0.1, 0.15) is 11.7 Å². The minimum atomic E-state index is 0.323. The quantitative estimate of drug-likeness (QED) is 0.610. The van der Waals surface area contributed by atoms with Gasteiger partial charge in [0.25, 0.3) is 0 Å². The fraction of sp³-hybridized carbons (Fsp3) is 0.143. The van der Waals surface area contributed by atoms with Crippen molar-refractivity contribution in [3.8, 4) is 5.75 Å². The fourth-order valence-electron chi connectivity index (χ4n) is 0.585. The highest BCUT2D eigenvalue weighted by Gasteiger charge is 1.84. The molecule has 0 N–H and O–H groups in total. The molecule has 1 radical (unpaired) electrons. The summed E-state index contributed by atoms with van der Waals surface area (Å²) in [6, 6.07) is 9.54. The van der Waals surface area contributed by atoms with Gasteiger partial charge in [-0.3, -0.25) is 0 Å². The molecule has 9 heavy (non-hydrogen) atoms. The summed E-state index contributed by atoms with van der Waals surface area (Å²) in [6.45, 7) is 0. The summed E-state index contributed by atoms with van der Waals surface area (Å²) in [7, 11) is 0. The molecule has 0 aromatic heterocycles. The number of hydrogen-bond acceptors (Lipinski definition) is 1. The molecule has 1 aromatic rings. The van der Waals surface area contributed by atoms with Gasteiger partial charge >= 0.3 is 0 Å². The van der Waals surface area contributed by atoms with Crippen molar-refractivity contribution in [3.05, 3.63) is 30.3 Å². The zero-order chi connectivity index (χ0) is 6.53. The van der Waals surface area contributed by atoms with Gasteiger partial charge in [-0.05, 0) is 24.8 Å². The summed E-state index contributed by atoms with van der Waals surface area (Å²) >= 11 is 4.61. The maximum atomic E-state index is 5.02. The molecule has 0 fully saturated rings. The Morgan fingerprint density at radius 1 is 1.22 bits per heavy atom. The Hall–Kier alpha value is -0.630. The SMILES string of the molecule is [S]COc1ccccc1. The molecule has 0 spiro atoms. The van der Waals surface area contributed by atoms with Crippen LogP contribution >= 0.6 is 12.6 Å². The van der Waals surface area contributed by atoms with Crippen molar-refractivity contribution in [3.63, 3.8) is 0 Å². The smallest absolute Gasteiger partial charge is 0.144 e. The van der Waals surface area contributed by atoms with Crippen molar-refractivity contribution in [2.45, 2.75) is 0 Å². The van der Waals surface area contributed by atoms with Crippen LogP contribution in [0.4, 0.5) is 0 Å². The minimum Gasteiger partial charge on any atom is -0.482 e. The number of benzene rings is 1. The van der Waals surface area contributed by atoms with Crippen molar-refractivity contribution < 1.29 is 4.74 Å². The van der Waals surface area contributed by atoms with Gasteiger partial charge in [0.2, 0.25) is 0 Å². The zero-order valence-electron chi connectivity index (χ0n) is 4.91. The van der Waals surface area contributed by atoms with Gasteiger partial charge in [-0.25, -0.2) is 0 Å². The zero-order valence-corrected chi connectivity index (χ0v) is 5.73. The molecular formula is C7H7OS. The van der Waals surface area contributed by atoms with Crippen LogP contribution in [0.2, 0.25) is 0 Å². The van der Waals surface area contributed by atoms with E-state index in [-0.39, 0.29) is 0 Å². The van der Waals surface area contributed by atoms with Crippen molar-refractivity contribution in [1.82, 2.24) is 0 Å². The van der Waals surface area contributed by atoms with Crippen LogP contribution in [0.15, 0.2) is 30.3 Å². The predicted molar refractivity (Wildman–Crippen MR) is 39.5 cm³/mol. The monoisotopic (exact) mass is 139 g/mol. The lowest BCUT2D eigenvalue weighted by molar-refractivity contribution is 0.395. The third-order valence-electron chi connectivity index (χ3n) is 0.969. The van der Waals surface area contributed by atoms with E-state index in [0.29, 0.717) is 5.94 Å². The molecule has 2 heteroatoms. The summed E-state index contributed by atoms with van der Waals surface area (Å²) in [5.41, 5.74) is 0. The third kappa shape index (κ3) is 1.98. The predicted octanol–water partition coefficient (Wildman–Crippen LogP) is 2.22. The molecule has 0 unspecified atom stereocenters. The van der Waals surface area contributed by atoms with Gasteiger partial charge < -0.3 is 4.74 Å². The minimum absolute atomic E-state index is 0.323. The Morgan fingerprint density at radius 3 is 2.44 bits per heavy atom. The van der Waals surface area contributed by atoms with Crippen LogP contribution < -0.4 is 4.74 Å². The van der Waals surface area contributed by atoms with Crippen LogP contribution in [0.3, 0.4) is 0 Å². The first-order chi connectivity index (χ1) is 4.43. The molecule has 0 atom stereocenters. The van der Waals surface area contributed by atoms with E-state index in [1.165, 1.54) is 0 Å². The molecule has 1 aromatic carbocycles. The number of rotatable bonds is 2. The Balaban J connectivity index is 2.61. The highest BCUT2D eigenvalue weighted by molar-refractivity contribution is 7.80. The molecule has 1 nitrogen and oxygen atoms in total. The van der Waals surface area contributed by atoms with Crippen LogP contribution in [0, 0.1) is 0 Å². The van der Waals surface area contributed by atoms with Crippen LogP contribution in [-0.2, 0) is 0 Å². The van der Waals surface area contributed by atoms with E-state index in [9.17, 15) is 0 Å². The largest absolute Gasteiger partial charge is 0.482 e. The van der Waals surface area contributed by atoms with Gasteiger partial charge in [0.05, 0.1) is 0 Å². The van der Waals surface area contributed by atoms with Crippen molar-refractivity contribution in [2.24, 2.45) is 0 Å². The molecule has 1 rings (SSSR count). The summed E-state index contributed by atoms with van der Waals surface area (Å²) < 4.78 is 5.02. The number of para-hydroxylation sites is 1. The number of ether oxygens (including phenoxy) is 1. The Bertz CT molecular complexity index is 162. The van der Waals surface area contributed by atoms with Gasteiger partial charge in [-0.2, -0.15) is 0 Å². The van der Waals surface area contributed by atoms with Crippen molar-refractivity contribution >= 4 is 12.6 Å². The first-order valence-electron chi connectivity index (χ1n) is 2.69. The van der Waals surface area contributed by atoms with E-state index in [0.717, 1.165) is 5.75 Å². The van der Waals surface area contributed by atoms with Gasteiger partial charge in [0.15, 0.2) is 0 Å². The van der Waals surface area contributed by atoms with Gasteiger partial charge in [-0.1, -0.05) is 18.2 Å². The maximum Gasteiger partial charge on any atom is 0.144 e. The Morgan fingerprint density at radius 2 is 1.89 bits per heavy atom. The second-order valence-electron chi connectivity index (χ2n) is 1.58. The fourth-order valence-corrected chi connectivity index (χ4v) is 0.721. The lowest BCUT2D eigenvalue weighted by Crippen LogP contribution is -1.86. The molecular weight excluding hydrogens is 132 g/mol. The molecule has 0 aliphatic rings. The van der Waals surface area contributed by atoms with Crippen LogP contribution in [0.1, 0.15) is 0 Å². The summed E-state index contributed by atoms with van der Waals surface area (Å²) in [6.07, 6.45) is 0. The average molecular weight is 139 g/mol. The average Bonchev–Trinajstić information content (AvgIpc) is 1.91. The molecule has 0 aliphatic carbocycles. The maximum absolute atomic E-state index is 5.02. The van der Waals surface area contributed by atoms with Crippen LogP contribution in [-0.4, -0.2) is 5.94 Å². The van der Waals surface area contributed by atoms with Gasteiger partial charge in [-0.15, -0.1) is 0 Å². The van der Waals surface area contributed by atoms with E-state index in [2.05, 4.69) is 12.6 Å². The highest BCUT2D eigenvalue weighted by Crippen LogP contribution is 2.07. The lowest BCUT2D eigenvalue weighted by atomic mass is 10.3. The molecule has 0 saturated carbocycles. The molecule has 0 bridgehead atoms. The van der Waals surface area contributed by atoms with E-state index in [1.807, 2.05) is 30.3 Å². The standard InChI is InChI=1S/C7H7OS/c9-6-8-7-4-2-1-3-5-7/h1-5H,6H2. The van der Waals surface area contributed by atoms with Crippen molar-refractivity contribution in [1.29, 1.82) is 0 Å². The molecule has 0 aliphatic heterocycles. The number of hydrogen-bond donors (Lipinski definition) is 0. The Kier molecular flexibility index (Phi) is 2.46. The highest BCUT2D eigenvalue weighted by atomic mass is 32.1. The van der Waals surface area contributed by atoms with Crippen LogP contribution in [0.5, 0.6) is 5.75 Å². The van der Waals surface area contributed by atoms with Gasteiger partial charge in [0, 0.05) is 0 Å². The van der Waals surface area contributed by atoms with E-state index in [1.54, 1.807) is 0 Å². The summed E-state index contributed by atoms with van der Waals surface area (Å²) in [5, 5.41) is 0. The summed E-state index contributed by atoms with van der Waals surface area (Å²) in [5.74, 6) is 1.16. The molecule has 0 amide bonds. The second-order valence-corrected chi connectivity index (χ2v) is 1.81.